The maximum atomic E-state index is 12.6. The van der Waals surface area contributed by atoms with Gasteiger partial charge in [-0.2, -0.15) is 0 Å². The SMILES string of the molecule is CC(CO)CCCNC(=O)c1ccc(F)cn1. The van der Waals surface area contributed by atoms with Crippen molar-refractivity contribution < 1.29 is 14.3 Å². The lowest BCUT2D eigenvalue weighted by atomic mass is 10.1. The fourth-order valence-corrected chi connectivity index (χ4v) is 1.34. The van der Waals surface area contributed by atoms with Gasteiger partial charge in [-0.15, -0.1) is 0 Å². The van der Waals surface area contributed by atoms with Crippen molar-refractivity contribution in [2.45, 2.75) is 19.8 Å². The molecule has 0 saturated carbocycles. The third-order valence-corrected chi connectivity index (χ3v) is 2.43. The minimum atomic E-state index is -0.460. The van der Waals surface area contributed by atoms with Gasteiger partial charge in [0, 0.05) is 13.2 Å². The zero-order chi connectivity index (χ0) is 12.7. The molecule has 0 saturated heterocycles. The van der Waals surface area contributed by atoms with Crippen molar-refractivity contribution in [3.8, 4) is 0 Å². The predicted molar refractivity (Wildman–Crippen MR) is 62.0 cm³/mol. The van der Waals surface area contributed by atoms with Gasteiger partial charge in [0.1, 0.15) is 11.5 Å². The second kappa shape index (κ2) is 6.96. The summed E-state index contributed by atoms with van der Waals surface area (Å²) in [5.41, 5.74) is 0.210. The van der Waals surface area contributed by atoms with Crippen molar-refractivity contribution in [1.29, 1.82) is 0 Å². The number of hydrogen-bond donors (Lipinski definition) is 2. The molecule has 1 amide bonds. The lowest BCUT2D eigenvalue weighted by Crippen LogP contribution is -2.25. The van der Waals surface area contributed by atoms with Crippen molar-refractivity contribution in [3.63, 3.8) is 0 Å². The number of carbonyl (C=O) groups excluding carboxylic acids is 1. The summed E-state index contributed by atoms with van der Waals surface area (Å²) in [5, 5.41) is 11.5. The summed E-state index contributed by atoms with van der Waals surface area (Å²) < 4.78 is 12.6. The number of nitrogens with one attached hydrogen (secondary N) is 1. The second-order valence-electron chi connectivity index (χ2n) is 4.05. The van der Waals surface area contributed by atoms with Gasteiger partial charge in [0.05, 0.1) is 6.20 Å². The zero-order valence-electron chi connectivity index (χ0n) is 9.82. The first-order valence-corrected chi connectivity index (χ1v) is 5.64. The number of halogens is 1. The number of pyridine rings is 1. The Balaban J connectivity index is 2.28. The molecule has 0 radical (unpaired) electrons. The van der Waals surface area contributed by atoms with E-state index in [0.29, 0.717) is 6.54 Å². The van der Waals surface area contributed by atoms with Crippen LogP contribution < -0.4 is 5.32 Å². The molecular formula is C12H17FN2O2. The molecule has 0 aliphatic rings. The van der Waals surface area contributed by atoms with Gasteiger partial charge in [-0.1, -0.05) is 6.92 Å². The molecule has 94 valence electrons. The van der Waals surface area contributed by atoms with E-state index in [1.165, 1.54) is 12.1 Å². The number of amides is 1. The molecule has 0 aliphatic heterocycles. The van der Waals surface area contributed by atoms with Crippen LogP contribution in [0.15, 0.2) is 18.3 Å². The quantitative estimate of drug-likeness (QED) is 0.738. The van der Waals surface area contributed by atoms with Gasteiger partial charge < -0.3 is 10.4 Å². The first-order valence-electron chi connectivity index (χ1n) is 5.64. The maximum Gasteiger partial charge on any atom is 0.269 e. The number of aromatic nitrogens is 1. The summed E-state index contributed by atoms with van der Waals surface area (Å²) in [6, 6.07) is 2.55. The molecule has 1 unspecified atom stereocenters. The smallest absolute Gasteiger partial charge is 0.269 e. The minimum absolute atomic E-state index is 0.160. The van der Waals surface area contributed by atoms with Gasteiger partial charge >= 0.3 is 0 Å². The van der Waals surface area contributed by atoms with E-state index >= 15 is 0 Å². The number of carbonyl (C=O) groups is 1. The molecule has 2 N–H and O–H groups in total. The van der Waals surface area contributed by atoms with Crippen molar-refractivity contribution in [3.05, 3.63) is 29.8 Å². The Morgan fingerprint density at radius 3 is 2.94 bits per heavy atom. The highest BCUT2D eigenvalue weighted by molar-refractivity contribution is 5.92. The molecule has 1 aromatic rings. The van der Waals surface area contributed by atoms with Crippen LogP contribution in [0.25, 0.3) is 0 Å². The number of hydrogen-bond acceptors (Lipinski definition) is 3. The number of nitrogens with zero attached hydrogens (tertiary/aromatic N) is 1. The van der Waals surface area contributed by atoms with Gasteiger partial charge in [-0.3, -0.25) is 4.79 Å². The van der Waals surface area contributed by atoms with Crippen LogP contribution >= 0.6 is 0 Å². The standard InChI is InChI=1S/C12H17FN2O2/c1-9(8-16)3-2-6-14-12(17)11-5-4-10(13)7-15-11/h4-5,7,9,16H,2-3,6,8H2,1H3,(H,14,17). The van der Waals surface area contributed by atoms with E-state index in [9.17, 15) is 9.18 Å². The van der Waals surface area contributed by atoms with Crippen LogP contribution in [0.3, 0.4) is 0 Å². The van der Waals surface area contributed by atoms with Crippen molar-refractivity contribution in [1.82, 2.24) is 10.3 Å². The average Bonchev–Trinajstić information content (AvgIpc) is 2.34. The van der Waals surface area contributed by atoms with Crippen LogP contribution in [0.2, 0.25) is 0 Å². The van der Waals surface area contributed by atoms with Gasteiger partial charge in [0.15, 0.2) is 0 Å². The van der Waals surface area contributed by atoms with Gasteiger partial charge in [0.2, 0.25) is 0 Å². The first kappa shape index (κ1) is 13.6. The Morgan fingerprint density at radius 1 is 1.59 bits per heavy atom. The lowest BCUT2D eigenvalue weighted by molar-refractivity contribution is 0.0947. The van der Waals surface area contributed by atoms with Gasteiger partial charge in [0.25, 0.3) is 5.91 Å². The molecule has 0 spiro atoms. The highest BCUT2D eigenvalue weighted by Crippen LogP contribution is 2.03. The van der Waals surface area contributed by atoms with Crippen LogP contribution in [0.4, 0.5) is 4.39 Å². The van der Waals surface area contributed by atoms with E-state index in [1.807, 2.05) is 6.92 Å². The molecular weight excluding hydrogens is 223 g/mol. The normalized spacial score (nSPS) is 12.2. The molecule has 0 bridgehead atoms. The van der Waals surface area contributed by atoms with Crippen molar-refractivity contribution in [2.24, 2.45) is 5.92 Å². The highest BCUT2D eigenvalue weighted by Gasteiger charge is 2.06. The molecule has 1 atom stereocenters. The molecule has 0 fully saturated rings. The summed E-state index contributed by atoms with van der Waals surface area (Å²) in [6.07, 6.45) is 2.67. The number of aliphatic hydroxyl groups excluding tert-OH is 1. The number of rotatable bonds is 6. The van der Waals surface area contributed by atoms with Crippen LogP contribution in [-0.4, -0.2) is 29.1 Å². The summed E-state index contributed by atoms with van der Waals surface area (Å²) in [5.74, 6) is -0.518. The fraction of sp³-hybridized carbons (Fsp3) is 0.500. The van der Waals surface area contributed by atoms with Gasteiger partial charge in [-0.25, -0.2) is 9.37 Å². The van der Waals surface area contributed by atoms with E-state index < -0.39 is 5.82 Å². The molecule has 5 heteroatoms. The third-order valence-electron chi connectivity index (χ3n) is 2.43. The van der Waals surface area contributed by atoms with Crippen LogP contribution in [0, 0.1) is 11.7 Å². The van der Waals surface area contributed by atoms with E-state index in [2.05, 4.69) is 10.3 Å². The Labute approximate surface area is 99.9 Å². The van der Waals surface area contributed by atoms with Crippen LogP contribution in [0.1, 0.15) is 30.3 Å². The van der Waals surface area contributed by atoms with Gasteiger partial charge in [-0.05, 0) is 30.9 Å². The Kier molecular flexibility index (Phi) is 5.56. The molecule has 1 rings (SSSR count). The first-order chi connectivity index (χ1) is 8.13. The molecule has 4 nitrogen and oxygen atoms in total. The topological polar surface area (TPSA) is 62.2 Å². The molecule has 1 aromatic heterocycles. The highest BCUT2D eigenvalue weighted by atomic mass is 19.1. The number of aliphatic hydroxyl groups is 1. The summed E-state index contributed by atoms with van der Waals surface area (Å²) in [6.45, 7) is 2.64. The van der Waals surface area contributed by atoms with E-state index in [1.54, 1.807) is 0 Å². The Hall–Kier alpha value is -1.49. The fourth-order valence-electron chi connectivity index (χ4n) is 1.34. The molecule has 0 aromatic carbocycles. The summed E-state index contributed by atoms with van der Waals surface area (Å²) >= 11 is 0. The molecule has 0 aliphatic carbocycles. The van der Waals surface area contributed by atoms with Crippen LogP contribution in [-0.2, 0) is 0 Å². The summed E-state index contributed by atoms with van der Waals surface area (Å²) in [4.78, 5) is 15.2. The minimum Gasteiger partial charge on any atom is -0.396 e. The lowest BCUT2D eigenvalue weighted by Gasteiger charge is -2.08. The van der Waals surface area contributed by atoms with E-state index in [4.69, 9.17) is 5.11 Å². The maximum absolute atomic E-state index is 12.6. The largest absolute Gasteiger partial charge is 0.396 e. The molecule has 17 heavy (non-hydrogen) atoms. The zero-order valence-corrected chi connectivity index (χ0v) is 9.82. The van der Waals surface area contributed by atoms with Crippen LogP contribution in [0.5, 0.6) is 0 Å². The monoisotopic (exact) mass is 240 g/mol. The molecule has 1 heterocycles. The predicted octanol–water partition coefficient (Wildman–Crippen LogP) is 1.36. The average molecular weight is 240 g/mol. The third kappa shape index (κ3) is 4.91. The van der Waals surface area contributed by atoms with E-state index in [0.717, 1.165) is 19.0 Å². The Morgan fingerprint density at radius 2 is 2.35 bits per heavy atom. The summed E-state index contributed by atoms with van der Waals surface area (Å²) in [7, 11) is 0. The van der Waals surface area contributed by atoms with Crippen molar-refractivity contribution >= 4 is 5.91 Å². The Bertz CT molecular complexity index is 354. The second-order valence-corrected chi connectivity index (χ2v) is 4.05. The van der Waals surface area contributed by atoms with E-state index in [-0.39, 0.29) is 24.1 Å². The van der Waals surface area contributed by atoms with Crippen molar-refractivity contribution in [2.75, 3.05) is 13.2 Å².